The zero-order valence-corrected chi connectivity index (χ0v) is 12.9. The molecule has 7 heteroatoms. The highest BCUT2D eigenvalue weighted by Crippen LogP contribution is 2.32. The van der Waals surface area contributed by atoms with Crippen LogP contribution in [0.4, 0.5) is 5.69 Å². The quantitative estimate of drug-likeness (QED) is 0.797. The first-order valence-electron chi connectivity index (χ1n) is 7.31. The van der Waals surface area contributed by atoms with Crippen LogP contribution in [0.3, 0.4) is 0 Å². The Kier molecular flexibility index (Phi) is 3.52. The lowest BCUT2D eigenvalue weighted by Gasteiger charge is -2.29. The van der Waals surface area contributed by atoms with Crippen molar-refractivity contribution in [3.05, 3.63) is 28.8 Å². The lowest BCUT2D eigenvalue weighted by atomic mass is 10.0. The minimum Gasteiger partial charge on any atom is -0.377 e. The van der Waals surface area contributed by atoms with E-state index >= 15 is 0 Å². The molecular formula is C16H16N4O3. The number of carbonyl (C=O) groups is 3. The minimum absolute atomic E-state index is 0.225. The Balaban J connectivity index is 1.95. The van der Waals surface area contributed by atoms with Gasteiger partial charge in [-0.25, -0.2) is 0 Å². The molecule has 1 unspecified atom stereocenters. The van der Waals surface area contributed by atoms with Gasteiger partial charge in [0.1, 0.15) is 12.1 Å². The molecular weight excluding hydrogens is 296 g/mol. The molecule has 1 fully saturated rings. The molecule has 0 saturated carbocycles. The van der Waals surface area contributed by atoms with Crippen LogP contribution in [0.1, 0.15) is 34.3 Å². The maximum atomic E-state index is 12.6. The number of hydrogen-bond donors (Lipinski definition) is 1. The van der Waals surface area contributed by atoms with Crippen LogP contribution in [-0.4, -0.2) is 42.8 Å². The van der Waals surface area contributed by atoms with Gasteiger partial charge in [-0.1, -0.05) is 0 Å². The molecule has 2 aliphatic rings. The summed E-state index contributed by atoms with van der Waals surface area (Å²) in [5.41, 5.74) is 2.41. The first-order chi connectivity index (χ1) is 10.9. The Morgan fingerprint density at radius 3 is 2.65 bits per heavy atom. The maximum absolute atomic E-state index is 12.6. The number of rotatable bonds is 2. The monoisotopic (exact) mass is 312 g/mol. The highest BCUT2D eigenvalue weighted by atomic mass is 16.2. The van der Waals surface area contributed by atoms with Gasteiger partial charge in [-0.05, 0) is 24.1 Å². The third kappa shape index (κ3) is 2.42. The summed E-state index contributed by atoms with van der Waals surface area (Å²) in [7, 11) is 3.66. The molecule has 1 saturated heterocycles. The van der Waals surface area contributed by atoms with Gasteiger partial charge in [0.05, 0.1) is 11.3 Å². The van der Waals surface area contributed by atoms with Gasteiger partial charge >= 0.3 is 0 Å². The second-order valence-electron chi connectivity index (χ2n) is 5.93. The van der Waals surface area contributed by atoms with Crippen LogP contribution in [0.2, 0.25) is 0 Å². The predicted molar refractivity (Wildman–Crippen MR) is 81.5 cm³/mol. The van der Waals surface area contributed by atoms with Crippen LogP contribution in [0.25, 0.3) is 0 Å². The number of amides is 3. The fourth-order valence-electron chi connectivity index (χ4n) is 3.06. The van der Waals surface area contributed by atoms with E-state index in [1.54, 1.807) is 6.07 Å². The zero-order chi connectivity index (χ0) is 16.7. The van der Waals surface area contributed by atoms with E-state index in [1.165, 1.54) is 4.90 Å². The summed E-state index contributed by atoms with van der Waals surface area (Å²) in [6.07, 6.45) is 0.555. The number of nitrogens with zero attached hydrogens (tertiary/aromatic N) is 3. The summed E-state index contributed by atoms with van der Waals surface area (Å²) >= 11 is 0. The number of nitrogens with one attached hydrogen (secondary N) is 1. The molecule has 0 aromatic heterocycles. The van der Waals surface area contributed by atoms with Gasteiger partial charge in [0, 0.05) is 32.6 Å². The van der Waals surface area contributed by atoms with Crippen molar-refractivity contribution in [2.75, 3.05) is 19.0 Å². The molecule has 1 atom stereocenters. The molecule has 0 aliphatic carbocycles. The number of piperidine rings is 1. The molecule has 1 aromatic carbocycles. The standard InChI is InChI=1S/C16H16N4O3/c1-19(2)13-6-10-8-20(12-3-4-14(21)18-15(12)22)16(23)11(10)5-9(13)7-17/h5-6,12H,3-4,8H2,1-2H3,(H,18,21,22). The molecule has 0 spiro atoms. The highest BCUT2D eigenvalue weighted by molar-refractivity contribution is 6.05. The van der Waals surface area contributed by atoms with E-state index < -0.39 is 11.9 Å². The van der Waals surface area contributed by atoms with Crippen molar-refractivity contribution in [3.8, 4) is 6.07 Å². The van der Waals surface area contributed by atoms with Crippen LogP contribution in [0.5, 0.6) is 0 Å². The van der Waals surface area contributed by atoms with E-state index in [-0.39, 0.29) is 18.2 Å². The van der Waals surface area contributed by atoms with E-state index in [4.69, 9.17) is 0 Å². The van der Waals surface area contributed by atoms with E-state index in [1.807, 2.05) is 25.1 Å². The van der Waals surface area contributed by atoms with E-state index in [9.17, 15) is 19.6 Å². The third-order valence-corrected chi connectivity index (χ3v) is 4.24. The molecule has 23 heavy (non-hydrogen) atoms. The predicted octanol–water partition coefficient (Wildman–Crippen LogP) is 0.385. The Bertz CT molecular complexity index is 763. The number of hydrogen-bond acceptors (Lipinski definition) is 5. The average Bonchev–Trinajstić information content (AvgIpc) is 2.82. The van der Waals surface area contributed by atoms with Gasteiger partial charge in [-0.15, -0.1) is 0 Å². The Morgan fingerprint density at radius 1 is 1.30 bits per heavy atom. The van der Waals surface area contributed by atoms with Crippen LogP contribution in [0, 0.1) is 11.3 Å². The summed E-state index contributed by atoms with van der Waals surface area (Å²) < 4.78 is 0. The molecule has 2 heterocycles. The lowest BCUT2D eigenvalue weighted by molar-refractivity contribution is -0.136. The Labute approximate surface area is 133 Å². The van der Waals surface area contributed by atoms with Gasteiger partial charge < -0.3 is 9.80 Å². The SMILES string of the molecule is CN(C)c1cc2c(cc1C#N)C(=O)N(C1CCC(=O)NC1=O)C2. The molecule has 3 amide bonds. The summed E-state index contributed by atoms with van der Waals surface area (Å²) in [6.45, 7) is 0.312. The van der Waals surface area contributed by atoms with Crippen molar-refractivity contribution in [1.82, 2.24) is 10.2 Å². The number of carbonyl (C=O) groups excluding carboxylic acids is 3. The van der Waals surface area contributed by atoms with Crippen molar-refractivity contribution >= 4 is 23.4 Å². The molecule has 2 aliphatic heterocycles. The van der Waals surface area contributed by atoms with Gasteiger partial charge in [0.2, 0.25) is 11.8 Å². The number of nitriles is 1. The van der Waals surface area contributed by atoms with Gasteiger partial charge in [-0.3, -0.25) is 19.7 Å². The first-order valence-corrected chi connectivity index (χ1v) is 7.31. The normalized spacial score (nSPS) is 20.1. The second-order valence-corrected chi connectivity index (χ2v) is 5.93. The molecule has 1 N–H and O–H groups in total. The van der Waals surface area contributed by atoms with Crippen molar-refractivity contribution in [3.63, 3.8) is 0 Å². The van der Waals surface area contributed by atoms with Gasteiger partial charge in [-0.2, -0.15) is 5.26 Å². The fourth-order valence-corrected chi connectivity index (χ4v) is 3.06. The average molecular weight is 312 g/mol. The topological polar surface area (TPSA) is 93.5 Å². The van der Waals surface area contributed by atoms with E-state index in [2.05, 4.69) is 11.4 Å². The first kappa shape index (κ1) is 15.0. The van der Waals surface area contributed by atoms with E-state index in [0.29, 0.717) is 24.1 Å². The summed E-state index contributed by atoms with van der Waals surface area (Å²) in [5.74, 6) is -1.01. The van der Waals surface area contributed by atoms with Crippen LogP contribution in [-0.2, 0) is 16.1 Å². The molecule has 7 nitrogen and oxygen atoms in total. The van der Waals surface area contributed by atoms with Crippen molar-refractivity contribution < 1.29 is 14.4 Å². The van der Waals surface area contributed by atoms with Crippen molar-refractivity contribution in [2.24, 2.45) is 0 Å². The van der Waals surface area contributed by atoms with Crippen LogP contribution < -0.4 is 10.2 Å². The van der Waals surface area contributed by atoms with Crippen molar-refractivity contribution in [2.45, 2.75) is 25.4 Å². The Morgan fingerprint density at radius 2 is 2.04 bits per heavy atom. The number of benzene rings is 1. The van der Waals surface area contributed by atoms with Crippen molar-refractivity contribution in [1.29, 1.82) is 5.26 Å². The van der Waals surface area contributed by atoms with Gasteiger partial charge in [0.25, 0.3) is 5.91 Å². The largest absolute Gasteiger partial charge is 0.377 e. The minimum atomic E-state index is -0.638. The van der Waals surface area contributed by atoms with Crippen LogP contribution >= 0.6 is 0 Å². The highest BCUT2D eigenvalue weighted by Gasteiger charge is 2.39. The lowest BCUT2D eigenvalue weighted by Crippen LogP contribution is -2.52. The molecule has 118 valence electrons. The summed E-state index contributed by atoms with van der Waals surface area (Å²) in [4.78, 5) is 39.2. The second kappa shape index (κ2) is 5.39. The van der Waals surface area contributed by atoms with E-state index in [0.717, 1.165) is 11.3 Å². The smallest absolute Gasteiger partial charge is 0.255 e. The number of fused-ring (bicyclic) bond motifs is 1. The fraction of sp³-hybridized carbons (Fsp3) is 0.375. The molecule has 0 bridgehead atoms. The third-order valence-electron chi connectivity index (χ3n) is 4.24. The maximum Gasteiger partial charge on any atom is 0.255 e. The molecule has 3 rings (SSSR count). The Hall–Kier alpha value is -2.88. The van der Waals surface area contributed by atoms with Gasteiger partial charge in [0.15, 0.2) is 0 Å². The summed E-state index contributed by atoms with van der Waals surface area (Å²) in [6, 6.07) is 4.86. The zero-order valence-electron chi connectivity index (χ0n) is 12.9. The van der Waals surface area contributed by atoms with Crippen LogP contribution in [0.15, 0.2) is 12.1 Å². The number of imide groups is 1. The molecule has 1 aromatic rings. The summed E-state index contributed by atoms with van der Waals surface area (Å²) in [5, 5.41) is 11.5. The molecule has 0 radical (unpaired) electrons. The number of anilines is 1.